The van der Waals surface area contributed by atoms with E-state index in [2.05, 4.69) is 21.3 Å². The first-order chi connectivity index (χ1) is 9.68. The van der Waals surface area contributed by atoms with Gasteiger partial charge in [0, 0.05) is 25.8 Å². The van der Waals surface area contributed by atoms with Crippen LogP contribution in [-0.4, -0.2) is 47.1 Å². The molecule has 0 unspecified atom stereocenters. The Hall–Kier alpha value is -1.46. The van der Waals surface area contributed by atoms with Crippen LogP contribution in [0.5, 0.6) is 0 Å². The molecule has 0 saturated carbocycles. The van der Waals surface area contributed by atoms with Gasteiger partial charge in [0.1, 0.15) is 6.61 Å². The molecule has 108 valence electrons. The van der Waals surface area contributed by atoms with E-state index in [-0.39, 0.29) is 24.2 Å². The van der Waals surface area contributed by atoms with E-state index in [1.54, 1.807) is 0 Å². The molecule has 1 aromatic heterocycles. The van der Waals surface area contributed by atoms with Crippen molar-refractivity contribution in [3.63, 3.8) is 0 Å². The van der Waals surface area contributed by atoms with E-state index in [9.17, 15) is 4.79 Å². The molecule has 5 nitrogen and oxygen atoms in total. The highest BCUT2D eigenvalue weighted by molar-refractivity contribution is 5.78. The fourth-order valence-electron chi connectivity index (χ4n) is 3.14. The van der Waals surface area contributed by atoms with Crippen molar-refractivity contribution in [3.05, 3.63) is 30.1 Å². The number of nitrogens with one attached hydrogen (secondary N) is 1. The average Bonchev–Trinajstić information content (AvgIpc) is 2.47. The molecule has 1 atom stereocenters. The van der Waals surface area contributed by atoms with Crippen LogP contribution in [0.1, 0.15) is 25.5 Å². The van der Waals surface area contributed by atoms with Crippen LogP contribution in [0.15, 0.2) is 24.4 Å². The number of morpholine rings is 1. The Labute approximate surface area is 119 Å². The SMILES string of the molecule is C[C@@H]1NC(=O)COC12CCN(Cc1ccccn1)CC2. The second-order valence-electron chi connectivity index (χ2n) is 5.74. The lowest BCUT2D eigenvalue weighted by molar-refractivity contribution is -0.159. The first-order valence-electron chi connectivity index (χ1n) is 7.24. The summed E-state index contributed by atoms with van der Waals surface area (Å²) < 4.78 is 5.88. The van der Waals surface area contributed by atoms with Gasteiger partial charge in [0.05, 0.1) is 17.3 Å². The highest BCUT2D eigenvalue weighted by Crippen LogP contribution is 2.32. The zero-order valence-electron chi connectivity index (χ0n) is 11.8. The molecule has 1 aromatic rings. The molecule has 1 amide bonds. The van der Waals surface area contributed by atoms with Crippen LogP contribution in [0.3, 0.4) is 0 Å². The van der Waals surface area contributed by atoms with E-state index in [1.165, 1.54) is 0 Å². The number of rotatable bonds is 2. The van der Waals surface area contributed by atoms with E-state index >= 15 is 0 Å². The van der Waals surface area contributed by atoms with Crippen LogP contribution < -0.4 is 5.32 Å². The van der Waals surface area contributed by atoms with Crippen LogP contribution in [0.25, 0.3) is 0 Å². The smallest absolute Gasteiger partial charge is 0.246 e. The number of piperidine rings is 1. The average molecular weight is 275 g/mol. The van der Waals surface area contributed by atoms with Crippen molar-refractivity contribution in [3.8, 4) is 0 Å². The zero-order valence-corrected chi connectivity index (χ0v) is 11.8. The van der Waals surface area contributed by atoms with E-state index < -0.39 is 0 Å². The summed E-state index contributed by atoms with van der Waals surface area (Å²) in [4.78, 5) is 18.1. The second kappa shape index (κ2) is 5.50. The van der Waals surface area contributed by atoms with Crippen LogP contribution >= 0.6 is 0 Å². The molecular formula is C15H21N3O2. The van der Waals surface area contributed by atoms with Crippen molar-refractivity contribution in [2.24, 2.45) is 0 Å². The standard InChI is InChI=1S/C15H21N3O2/c1-12-15(20-11-14(19)17-12)5-8-18(9-6-15)10-13-4-2-3-7-16-13/h2-4,7,12H,5-6,8-11H2,1H3,(H,17,19)/t12-/m0/s1. The van der Waals surface area contributed by atoms with Crippen LogP contribution in [0, 0.1) is 0 Å². The Kier molecular flexibility index (Phi) is 3.72. The molecule has 3 rings (SSSR count). The predicted molar refractivity (Wildman–Crippen MR) is 75.0 cm³/mol. The summed E-state index contributed by atoms with van der Waals surface area (Å²) in [6.45, 7) is 5.10. The molecule has 1 N–H and O–H groups in total. The van der Waals surface area contributed by atoms with Crippen LogP contribution in [0.2, 0.25) is 0 Å². The third-order valence-corrected chi connectivity index (χ3v) is 4.47. The molecule has 20 heavy (non-hydrogen) atoms. The number of hydrogen-bond donors (Lipinski definition) is 1. The van der Waals surface area contributed by atoms with Crippen molar-refractivity contribution < 1.29 is 9.53 Å². The molecule has 2 fully saturated rings. The molecule has 0 aromatic carbocycles. The van der Waals surface area contributed by atoms with Gasteiger partial charge in [-0.25, -0.2) is 0 Å². The van der Waals surface area contributed by atoms with Crippen molar-refractivity contribution in [1.29, 1.82) is 0 Å². The Morgan fingerprint density at radius 3 is 2.90 bits per heavy atom. The lowest BCUT2D eigenvalue weighted by Crippen LogP contribution is -2.62. The maximum Gasteiger partial charge on any atom is 0.246 e. The fourth-order valence-corrected chi connectivity index (χ4v) is 3.14. The maximum absolute atomic E-state index is 11.4. The van der Waals surface area contributed by atoms with Gasteiger partial charge >= 0.3 is 0 Å². The second-order valence-corrected chi connectivity index (χ2v) is 5.74. The maximum atomic E-state index is 11.4. The van der Waals surface area contributed by atoms with Gasteiger partial charge < -0.3 is 10.1 Å². The summed E-state index contributed by atoms with van der Waals surface area (Å²) in [5.41, 5.74) is 0.934. The molecule has 5 heteroatoms. The van der Waals surface area contributed by atoms with Gasteiger partial charge in [-0.1, -0.05) is 6.07 Å². The molecule has 0 aliphatic carbocycles. The molecule has 1 spiro atoms. The number of ether oxygens (including phenoxy) is 1. The third-order valence-electron chi connectivity index (χ3n) is 4.47. The highest BCUT2D eigenvalue weighted by atomic mass is 16.5. The Morgan fingerprint density at radius 1 is 1.45 bits per heavy atom. The van der Waals surface area contributed by atoms with Crippen molar-refractivity contribution >= 4 is 5.91 Å². The zero-order chi connectivity index (χ0) is 14.0. The number of aromatic nitrogens is 1. The molecule has 3 heterocycles. The fraction of sp³-hybridized carbons (Fsp3) is 0.600. The van der Waals surface area contributed by atoms with Gasteiger partial charge in [0.2, 0.25) is 5.91 Å². The minimum atomic E-state index is -0.172. The summed E-state index contributed by atoms with van der Waals surface area (Å²) in [7, 11) is 0. The molecule has 2 aliphatic heterocycles. The van der Waals surface area contributed by atoms with Gasteiger partial charge in [-0.15, -0.1) is 0 Å². The number of hydrogen-bond acceptors (Lipinski definition) is 4. The summed E-state index contributed by atoms with van der Waals surface area (Å²) >= 11 is 0. The summed E-state index contributed by atoms with van der Waals surface area (Å²) in [6.07, 6.45) is 3.76. The first-order valence-corrected chi connectivity index (χ1v) is 7.24. The minimum absolute atomic E-state index is 0.000889. The first kappa shape index (κ1) is 13.5. The minimum Gasteiger partial charge on any atom is -0.363 e. The molecule has 2 aliphatic rings. The van der Waals surface area contributed by atoms with Crippen molar-refractivity contribution in [2.45, 2.75) is 38.0 Å². The number of amides is 1. The van der Waals surface area contributed by atoms with E-state index in [0.29, 0.717) is 0 Å². The quantitative estimate of drug-likeness (QED) is 0.873. The van der Waals surface area contributed by atoms with Gasteiger partial charge in [-0.05, 0) is 31.9 Å². The number of carbonyl (C=O) groups is 1. The summed E-state index contributed by atoms with van der Waals surface area (Å²) in [5, 5.41) is 3.01. The Morgan fingerprint density at radius 2 is 2.25 bits per heavy atom. The molecule has 0 bridgehead atoms. The molecular weight excluding hydrogens is 254 g/mol. The lowest BCUT2D eigenvalue weighted by atomic mass is 9.83. The molecule has 2 saturated heterocycles. The van der Waals surface area contributed by atoms with Gasteiger partial charge in [-0.3, -0.25) is 14.7 Å². The van der Waals surface area contributed by atoms with Crippen LogP contribution in [-0.2, 0) is 16.1 Å². The van der Waals surface area contributed by atoms with E-state index in [4.69, 9.17) is 4.74 Å². The van der Waals surface area contributed by atoms with Gasteiger partial charge in [-0.2, -0.15) is 0 Å². The van der Waals surface area contributed by atoms with E-state index in [0.717, 1.165) is 38.2 Å². The Bertz CT molecular complexity index is 469. The summed E-state index contributed by atoms with van der Waals surface area (Å²) in [6, 6.07) is 6.12. The Balaban J connectivity index is 1.58. The van der Waals surface area contributed by atoms with Gasteiger partial charge in [0.25, 0.3) is 0 Å². The number of likely N-dealkylation sites (tertiary alicyclic amines) is 1. The topological polar surface area (TPSA) is 54.5 Å². The van der Waals surface area contributed by atoms with Crippen LogP contribution in [0.4, 0.5) is 0 Å². The number of carbonyl (C=O) groups excluding carboxylic acids is 1. The monoisotopic (exact) mass is 275 g/mol. The normalized spacial score (nSPS) is 26.4. The third kappa shape index (κ3) is 2.69. The van der Waals surface area contributed by atoms with Gasteiger partial charge in [0.15, 0.2) is 0 Å². The molecule has 0 radical (unpaired) electrons. The van der Waals surface area contributed by atoms with Crippen molar-refractivity contribution in [2.75, 3.05) is 19.7 Å². The van der Waals surface area contributed by atoms with Crippen molar-refractivity contribution in [1.82, 2.24) is 15.2 Å². The largest absolute Gasteiger partial charge is 0.363 e. The lowest BCUT2D eigenvalue weighted by Gasteiger charge is -2.47. The number of pyridine rings is 1. The number of nitrogens with zero attached hydrogens (tertiary/aromatic N) is 2. The highest BCUT2D eigenvalue weighted by Gasteiger charge is 2.44. The predicted octanol–water partition coefficient (Wildman–Crippen LogP) is 0.951. The van der Waals surface area contributed by atoms with E-state index in [1.807, 2.05) is 25.3 Å². The summed E-state index contributed by atoms with van der Waals surface area (Å²) in [5.74, 6) is -0.000889.